The molecule has 2 heterocycles. The molecule has 1 aromatic rings. The summed E-state index contributed by atoms with van der Waals surface area (Å²) in [6, 6.07) is 0.242. The Bertz CT molecular complexity index is 598. The lowest BCUT2D eigenvalue weighted by Gasteiger charge is -2.31. The van der Waals surface area contributed by atoms with E-state index in [1.54, 1.807) is 4.90 Å². The summed E-state index contributed by atoms with van der Waals surface area (Å²) in [5.41, 5.74) is 3.33. The molecule has 0 aliphatic carbocycles. The molecule has 1 saturated heterocycles. The number of nitrogens with one attached hydrogen (secondary N) is 2. The van der Waals surface area contributed by atoms with Crippen LogP contribution in [0.2, 0.25) is 0 Å². The Hall–Kier alpha value is -1.32. The van der Waals surface area contributed by atoms with Crippen LogP contribution in [0.5, 0.6) is 0 Å². The lowest BCUT2D eigenvalue weighted by Crippen LogP contribution is -2.51. The number of rotatable bonds is 4. The molecule has 0 spiro atoms. The molecule has 1 atom stereocenters. The largest absolute Gasteiger partial charge is 0.357 e. The number of guanidine groups is 1. The van der Waals surface area contributed by atoms with Crippen LogP contribution in [-0.2, 0) is 18.4 Å². The lowest BCUT2D eigenvalue weighted by atomic mass is 10.1. The van der Waals surface area contributed by atoms with Gasteiger partial charge in [-0.1, -0.05) is 0 Å². The van der Waals surface area contributed by atoms with Crippen LogP contribution in [0, 0.1) is 13.8 Å². The van der Waals surface area contributed by atoms with Gasteiger partial charge >= 0.3 is 0 Å². The van der Waals surface area contributed by atoms with Crippen LogP contribution in [-0.4, -0.2) is 52.7 Å². The minimum absolute atomic E-state index is 0. The Morgan fingerprint density at radius 3 is 2.62 bits per heavy atom. The van der Waals surface area contributed by atoms with E-state index in [4.69, 9.17) is 4.99 Å². The average Bonchev–Trinajstić information content (AvgIpc) is 2.74. The second-order valence-corrected chi connectivity index (χ2v) is 6.12. The van der Waals surface area contributed by atoms with E-state index in [1.165, 1.54) is 5.56 Å². The summed E-state index contributed by atoms with van der Waals surface area (Å²) in [5.74, 6) is 1.01. The van der Waals surface area contributed by atoms with E-state index in [0.29, 0.717) is 19.5 Å². The quantitative estimate of drug-likeness (QED) is 0.414. The molecule has 1 fully saturated rings. The zero-order valence-electron chi connectivity index (χ0n) is 15.2. The van der Waals surface area contributed by atoms with Crippen molar-refractivity contribution in [2.24, 2.45) is 12.0 Å². The molecule has 0 aromatic carbocycles. The van der Waals surface area contributed by atoms with Crippen molar-refractivity contribution in [2.45, 2.75) is 46.2 Å². The maximum absolute atomic E-state index is 11.6. The fourth-order valence-electron chi connectivity index (χ4n) is 2.85. The van der Waals surface area contributed by atoms with Crippen LogP contribution in [0.4, 0.5) is 0 Å². The van der Waals surface area contributed by atoms with Crippen molar-refractivity contribution in [3.63, 3.8) is 0 Å². The van der Waals surface area contributed by atoms with Gasteiger partial charge in [-0.25, -0.2) is 4.99 Å². The monoisotopic (exact) mass is 448 g/mol. The number of halogens is 1. The predicted octanol–water partition coefficient (Wildman–Crippen LogP) is 1.33. The molecular weight excluding hydrogens is 419 g/mol. The minimum atomic E-state index is 0. The normalized spacial score (nSPS) is 18.4. The number of carbonyl (C=O) groups excluding carboxylic acids is 1. The van der Waals surface area contributed by atoms with Gasteiger partial charge in [-0.3, -0.25) is 9.48 Å². The van der Waals surface area contributed by atoms with Gasteiger partial charge in [0.25, 0.3) is 0 Å². The number of amides is 1. The van der Waals surface area contributed by atoms with E-state index < -0.39 is 0 Å². The predicted molar refractivity (Wildman–Crippen MR) is 107 cm³/mol. The lowest BCUT2D eigenvalue weighted by molar-refractivity contribution is -0.132. The smallest absolute Gasteiger partial charge is 0.222 e. The molecule has 1 amide bonds. The van der Waals surface area contributed by atoms with E-state index >= 15 is 0 Å². The molecule has 2 N–H and O–H groups in total. The fraction of sp³-hybridized carbons (Fsp3) is 0.688. The second kappa shape index (κ2) is 9.24. The summed E-state index contributed by atoms with van der Waals surface area (Å²) < 4.78 is 1.89. The van der Waals surface area contributed by atoms with E-state index in [0.717, 1.165) is 30.3 Å². The highest BCUT2D eigenvalue weighted by atomic mass is 127. The van der Waals surface area contributed by atoms with Crippen molar-refractivity contribution in [1.29, 1.82) is 0 Å². The van der Waals surface area contributed by atoms with Crippen LogP contribution in [0.25, 0.3) is 0 Å². The maximum atomic E-state index is 11.6. The highest BCUT2D eigenvalue weighted by molar-refractivity contribution is 14.0. The second-order valence-electron chi connectivity index (χ2n) is 6.12. The summed E-state index contributed by atoms with van der Waals surface area (Å²) in [5, 5.41) is 11.2. The molecule has 1 aromatic heterocycles. The first kappa shape index (κ1) is 20.7. The summed E-state index contributed by atoms with van der Waals surface area (Å²) in [7, 11) is 3.80. The van der Waals surface area contributed by atoms with E-state index in [-0.39, 0.29) is 35.9 Å². The number of likely N-dealkylation sites (N-methyl/N-ethyl adjacent to an activating group) is 1. The third kappa shape index (κ3) is 5.09. The number of nitrogens with zero attached hydrogens (tertiary/aromatic N) is 4. The van der Waals surface area contributed by atoms with Crippen LogP contribution in [0.1, 0.15) is 36.7 Å². The number of hydrogen-bond donors (Lipinski definition) is 2. The Morgan fingerprint density at radius 2 is 2.08 bits per heavy atom. The Kier molecular flexibility index (Phi) is 7.98. The molecular formula is C16H29IN6O. The topological polar surface area (TPSA) is 74.5 Å². The molecule has 24 heavy (non-hydrogen) atoms. The van der Waals surface area contributed by atoms with Crippen molar-refractivity contribution in [2.75, 3.05) is 20.1 Å². The highest BCUT2D eigenvalue weighted by Crippen LogP contribution is 2.13. The van der Waals surface area contributed by atoms with Gasteiger partial charge in [0, 0.05) is 50.9 Å². The molecule has 1 aliphatic heterocycles. The van der Waals surface area contributed by atoms with Gasteiger partial charge in [0.2, 0.25) is 5.91 Å². The molecule has 1 aliphatic rings. The van der Waals surface area contributed by atoms with Gasteiger partial charge in [-0.05, 0) is 27.2 Å². The first-order chi connectivity index (χ1) is 10.9. The third-order valence-electron chi connectivity index (χ3n) is 4.37. The number of piperidine rings is 1. The van der Waals surface area contributed by atoms with Gasteiger partial charge in [0.1, 0.15) is 0 Å². The van der Waals surface area contributed by atoms with Crippen molar-refractivity contribution in [1.82, 2.24) is 25.3 Å². The zero-order valence-corrected chi connectivity index (χ0v) is 17.5. The van der Waals surface area contributed by atoms with Crippen LogP contribution in [0.3, 0.4) is 0 Å². The summed E-state index contributed by atoms with van der Waals surface area (Å²) in [6.07, 6.45) is 1.44. The van der Waals surface area contributed by atoms with Crippen molar-refractivity contribution >= 4 is 35.8 Å². The van der Waals surface area contributed by atoms with Crippen molar-refractivity contribution in [3.05, 3.63) is 17.0 Å². The maximum Gasteiger partial charge on any atom is 0.222 e. The average molecular weight is 448 g/mol. The molecule has 2 rings (SSSR count). The number of aromatic nitrogens is 2. The summed E-state index contributed by atoms with van der Waals surface area (Å²) >= 11 is 0. The molecule has 136 valence electrons. The van der Waals surface area contributed by atoms with E-state index in [2.05, 4.69) is 22.7 Å². The Labute approximate surface area is 161 Å². The third-order valence-corrected chi connectivity index (χ3v) is 4.37. The van der Waals surface area contributed by atoms with Crippen LogP contribution < -0.4 is 10.6 Å². The number of hydrogen-bond acceptors (Lipinski definition) is 3. The fourth-order valence-corrected chi connectivity index (χ4v) is 2.85. The van der Waals surface area contributed by atoms with Crippen molar-refractivity contribution < 1.29 is 4.79 Å². The Morgan fingerprint density at radius 1 is 1.38 bits per heavy atom. The number of aliphatic imine (C=N–C) groups is 1. The zero-order chi connectivity index (χ0) is 17.0. The van der Waals surface area contributed by atoms with Crippen LogP contribution >= 0.6 is 24.0 Å². The van der Waals surface area contributed by atoms with Gasteiger partial charge in [0.05, 0.1) is 12.2 Å². The Balaban J connectivity index is 0.00000288. The van der Waals surface area contributed by atoms with Gasteiger partial charge in [-0.15, -0.1) is 24.0 Å². The van der Waals surface area contributed by atoms with Crippen LogP contribution in [0.15, 0.2) is 4.99 Å². The first-order valence-electron chi connectivity index (χ1n) is 8.20. The number of carbonyl (C=O) groups is 1. The van der Waals surface area contributed by atoms with Gasteiger partial charge in [0.15, 0.2) is 5.96 Å². The van der Waals surface area contributed by atoms with Gasteiger partial charge in [-0.2, -0.15) is 5.10 Å². The molecule has 1 unspecified atom stereocenters. The SMILES string of the molecule is CCNC(=NCc1c(C)nn(C)c1C)NC1CCC(=O)N(C)C1.I. The van der Waals surface area contributed by atoms with E-state index in [9.17, 15) is 4.79 Å². The summed E-state index contributed by atoms with van der Waals surface area (Å²) in [4.78, 5) is 18.1. The molecule has 7 nitrogen and oxygen atoms in total. The standard InChI is InChI=1S/C16H28N6O.HI/c1-6-17-16(19-13-7-8-15(23)21(4)10-13)18-9-14-11(2)20-22(5)12(14)3;/h13H,6-10H2,1-5H3,(H2,17,18,19);1H. The number of aryl methyl sites for hydroxylation is 2. The molecule has 0 saturated carbocycles. The van der Waals surface area contributed by atoms with Crippen molar-refractivity contribution in [3.8, 4) is 0 Å². The molecule has 0 bridgehead atoms. The first-order valence-corrected chi connectivity index (χ1v) is 8.20. The van der Waals surface area contributed by atoms with Gasteiger partial charge < -0.3 is 15.5 Å². The van der Waals surface area contributed by atoms with E-state index in [1.807, 2.05) is 32.6 Å². The molecule has 0 radical (unpaired) electrons. The highest BCUT2D eigenvalue weighted by Gasteiger charge is 2.23. The number of likely N-dealkylation sites (tertiary alicyclic amines) is 1. The summed E-state index contributed by atoms with van der Waals surface area (Å²) in [6.45, 7) is 8.25. The molecule has 8 heteroatoms. The minimum Gasteiger partial charge on any atom is -0.357 e.